The molecule has 0 spiro atoms. The molecule has 1 atom stereocenters. The predicted octanol–water partition coefficient (Wildman–Crippen LogP) is 0.121. The van der Waals surface area contributed by atoms with Gasteiger partial charge in [0.2, 0.25) is 5.91 Å². The third kappa shape index (κ3) is 2.92. The van der Waals surface area contributed by atoms with E-state index in [1.807, 2.05) is 0 Å². The topological polar surface area (TPSA) is 94.9 Å². The molecule has 2 N–H and O–H groups in total. The van der Waals surface area contributed by atoms with Crippen molar-refractivity contribution in [3.05, 3.63) is 35.9 Å². The molecule has 0 bridgehead atoms. The van der Waals surface area contributed by atoms with Gasteiger partial charge < -0.3 is 10.2 Å². The molecule has 96 valence electrons. The van der Waals surface area contributed by atoms with E-state index in [-0.39, 0.29) is 5.56 Å². The van der Waals surface area contributed by atoms with Gasteiger partial charge >= 0.3 is 5.97 Å². The number of nitrogens with zero attached hydrogens (tertiary/aromatic N) is 1. The molecule has 0 aliphatic heterocycles. The Bertz CT molecular complexity index is 457. The van der Waals surface area contributed by atoms with Crippen molar-refractivity contribution in [2.45, 2.75) is 13.0 Å². The molecule has 0 fully saturated rings. The summed E-state index contributed by atoms with van der Waals surface area (Å²) >= 11 is 0. The van der Waals surface area contributed by atoms with E-state index in [0.717, 1.165) is 6.92 Å². The Morgan fingerprint density at radius 1 is 1.22 bits per heavy atom. The second-order valence-corrected chi connectivity index (χ2v) is 3.60. The Balaban J connectivity index is 3.10. The lowest BCUT2D eigenvalue weighted by atomic mass is 10.1. The van der Waals surface area contributed by atoms with Gasteiger partial charge in [-0.3, -0.25) is 14.5 Å². The third-order valence-electron chi connectivity index (χ3n) is 2.35. The molecule has 6 nitrogen and oxygen atoms in total. The first-order valence-electron chi connectivity index (χ1n) is 5.22. The van der Waals surface area contributed by atoms with Gasteiger partial charge in [0, 0.05) is 12.5 Å². The number of aliphatic hydroxyl groups is 1. The molecule has 0 aliphatic rings. The number of imide groups is 1. The number of benzene rings is 1. The Labute approximate surface area is 103 Å². The van der Waals surface area contributed by atoms with Crippen molar-refractivity contribution in [1.82, 2.24) is 4.90 Å². The Morgan fingerprint density at radius 2 is 1.78 bits per heavy atom. The van der Waals surface area contributed by atoms with Crippen LogP contribution in [-0.2, 0) is 9.59 Å². The van der Waals surface area contributed by atoms with Crippen LogP contribution in [0.2, 0.25) is 0 Å². The zero-order chi connectivity index (χ0) is 13.7. The summed E-state index contributed by atoms with van der Waals surface area (Å²) in [6.45, 7) is 0.250. The van der Waals surface area contributed by atoms with Crippen LogP contribution in [0.25, 0.3) is 0 Å². The number of aliphatic hydroxyl groups excluding tert-OH is 1. The largest absolute Gasteiger partial charge is 0.480 e. The summed E-state index contributed by atoms with van der Waals surface area (Å²) < 4.78 is 0. The zero-order valence-corrected chi connectivity index (χ0v) is 9.74. The van der Waals surface area contributed by atoms with Gasteiger partial charge in [0.1, 0.15) is 0 Å². The summed E-state index contributed by atoms with van der Waals surface area (Å²) in [6.07, 6.45) is 0. The number of hydrogen-bond acceptors (Lipinski definition) is 4. The molecule has 0 heterocycles. The van der Waals surface area contributed by atoms with E-state index >= 15 is 0 Å². The van der Waals surface area contributed by atoms with Crippen LogP contribution in [0.4, 0.5) is 0 Å². The molecule has 0 saturated heterocycles. The maximum Gasteiger partial charge on any atom is 0.329 e. The number of carboxylic acid groups (broad SMARTS) is 1. The smallest absolute Gasteiger partial charge is 0.329 e. The van der Waals surface area contributed by atoms with Gasteiger partial charge in [-0.25, -0.2) is 4.79 Å². The van der Waals surface area contributed by atoms with Crippen molar-refractivity contribution in [3.63, 3.8) is 0 Å². The van der Waals surface area contributed by atoms with E-state index in [9.17, 15) is 14.4 Å². The first-order chi connectivity index (χ1) is 8.49. The normalized spacial score (nSPS) is 11.7. The fourth-order valence-electron chi connectivity index (χ4n) is 1.49. The maximum atomic E-state index is 12.0. The molecule has 0 aromatic heterocycles. The molecule has 1 rings (SSSR count). The summed E-state index contributed by atoms with van der Waals surface area (Å²) in [5.41, 5.74) is 0.187. The lowest BCUT2D eigenvalue weighted by Gasteiger charge is -2.24. The molecule has 1 aromatic rings. The van der Waals surface area contributed by atoms with Crippen molar-refractivity contribution in [2.24, 2.45) is 0 Å². The van der Waals surface area contributed by atoms with E-state index < -0.39 is 30.4 Å². The standard InChI is InChI=1S/C12H13NO5/c1-8(15)13(10(7-14)12(17)18)11(16)9-5-3-2-4-6-9/h2-6,10,14H,7H2,1H3,(H,17,18). The highest BCUT2D eigenvalue weighted by atomic mass is 16.4. The number of carbonyl (C=O) groups excluding carboxylic acids is 2. The van der Waals surface area contributed by atoms with Crippen LogP contribution in [0, 0.1) is 0 Å². The lowest BCUT2D eigenvalue weighted by molar-refractivity contribution is -0.148. The van der Waals surface area contributed by atoms with E-state index in [1.54, 1.807) is 18.2 Å². The van der Waals surface area contributed by atoms with Gasteiger partial charge in [-0.15, -0.1) is 0 Å². The molecule has 1 aromatic carbocycles. The zero-order valence-electron chi connectivity index (χ0n) is 9.74. The van der Waals surface area contributed by atoms with E-state index in [4.69, 9.17) is 10.2 Å². The van der Waals surface area contributed by atoms with E-state index in [1.165, 1.54) is 12.1 Å². The minimum absolute atomic E-state index is 0.187. The second-order valence-electron chi connectivity index (χ2n) is 3.60. The van der Waals surface area contributed by atoms with E-state index in [0.29, 0.717) is 4.90 Å². The molecule has 2 amide bonds. The number of rotatable bonds is 4. The average Bonchev–Trinajstić information content (AvgIpc) is 2.35. The first-order valence-corrected chi connectivity index (χ1v) is 5.22. The van der Waals surface area contributed by atoms with Crippen molar-refractivity contribution in [3.8, 4) is 0 Å². The average molecular weight is 251 g/mol. The highest BCUT2D eigenvalue weighted by Crippen LogP contribution is 2.09. The molecule has 1 unspecified atom stereocenters. The van der Waals surface area contributed by atoms with Gasteiger partial charge in [-0.05, 0) is 12.1 Å². The minimum atomic E-state index is -1.57. The summed E-state index contributed by atoms with van der Waals surface area (Å²) in [5, 5.41) is 17.9. The summed E-state index contributed by atoms with van der Waals surface area (Å²) in [7, 11) is 0. The first kappa shape index (κ1) is 13.9. The predicted molar refractivity (Wildman–Crippen MR) is 61.8 cm³/mol. The van der Waals surface area contributed by atoms with Crippen LogP contribution < -0.4 is 0 Å². The molecule has 0 radical (unpaired) electrons. The summed E-state index contributed by atoms with van der Waals surface area (Å²) in [6, 6.07) is 6.24. The van der Waals surface area contributed by atoms with Gasteiger partial charge in [-0.1, -0.05) is 18.2 Å². The number of carboxylic acids is 1. The van der Waals surface area contributed by atoms with Crippen molar-refractivity contribution >= 4 is 17.8 Å². The Kier molecular flexibility index (Phi) is 4.56. The number of aliphatic carboxylic acids is 1. The Morgan fingerprint density at radius 3 is 2.17 bits per heavy atom. The van der Waals surface area contributed by atoms with Crippen LogP contribution in [-0.4, -0.2) is 45.5 Å². The highest BCUT2D eigenvalue weighted by Gasteiger charge is 2.32. The monoisotopic (exact) mass is 251 g/mol. The molecule has 0 aliphatic carbocycles. The third-order valence-corrected chi connectivity index (χ3v) is 2.35. The fraction of sp³-hybridized carbons (Fsp3) is 0.250. The van der Waals surface area contributed by atoms with Crippen molar-refractivity contribution in [2.75, 3.05) is 6.61 Å². The number of hydrogen-bond donors (Lipinski definition) is 2. The molecule has 0 saturated carbocycles. The van der Waals surface area contributed by atoms with Crippen LogP contribution >= 0.6 is 0 Å². The quantitative estimate of drug-likeness (QED) is 0.792. The van der Waals surface area contributed by atoms with Gasteiger partial charge in [0.15, 0.2) is 6.04 Å². The SMILES string of the molecule is CC(=O)N(C(=O)c1ccccc1)C(CO)C(=O)O. The molecule has 18 heavy (non-hydrogen) atoms. The van der Waals surface area contributed by atoms with E-state index in [2.05, 4.69) is 0 Å². The minimum Gasteiger partial charge on any atom is -0.480 e. The fourth-order valence-corrected chi connectivity index (χ4v) is 1.49. The second kappa shape index (κ2) is 5.92. The van der Waals surface area contributed by atoms with Crippen molar-refractivity contribution in [1.29, 1.82) is 0 Å². The van der Waals surface area contributed by atoms with Crippen LogP contribution in [0.5, 0.6) is 0 Å². The van der Waals surface area contributed by atoms with Gasteiger partial charge in [-0.2, -0.15) is 0 Å². The maximum absolute atomic E-state index is 12.0. The molecule has 6 heteroatoms. The molecular formula is C12H13NO5. The highest BCUT2D eigenvalue weighted by molar-refractivity contribution is 6.06. The number of amides is 2. The Hall–Kier alpha value is -2.21. The van der Waals surface area contributed by atoms with Crippen molar-refractivity contribution < 1.29 is 24.6 Å². The van der Waals surface area contributed by atoms with Gasteiger partial charge in [0.25, 0.3) is 5.91 Å². The lowest BCUT2D eigenvalue weighted by Crippen LogP contribution is -2.49. The molecular weight excluding hydrogens is 238 g/mol. The number of carbonyl (C=O) groups is 3. The van der Waals surface area contributed by atoms with Crippen LogP contribution in [0.15, 0.2) is 30.3 Å². The van der Waals surface area contributed by atoms with Crippen LogP contribution in [0.1, 0.15) is 17.3 Å². The van der Waals surface area contributed by atoms with Crippen LogP contribution in [0.3, 0.4) is 0 Å². The summed E-state index contributed by atoms with van der Waals surface area (Å²) in [5.74, 6) is -2.91. The van der Waals surface area contributed by atoms with Gasteiger partial charge in [0.05, 0.1) is 6.61 Å². The summed E-state index contributed by atoms with van der Waals surface area (Å²) in [4.78, 5) is 34.9.